The van der Waals surface area contributed by atoms with E-state index in [1.54, 1.807) is 12.3 Å². The minimum Gasteiger partial charge on any atom is -0.378 e. The molecule has 0 aromatic carbocycles. The molecule has 1 amide bonds. The summed E-state index contributed by atoms with van der Waals surface area (Å²) in [6.45, 7) is 3.47. The first-order chi connectivity index (χ1) is 8.81. The Morgan fingerprint density at radius 3 is 3.00 bits per heavy atom. The highest BCUT2D eigenvalue weighted by Gasteiger charge is 2.18. The first-order valence-electron chi connectivity index (χ1n) is 6.28. The third-order valence-corrected chi connectivity index (χ3v) is 2.99. The van der Waals surface area contributed by atoms with Crippen molar-refractivity contribution in [2.75, 3.05) is 39.9 Å². The van der Waals surface area contributed by atoms with Crippen molar-refractivity contribution < 1.29 is 9.53 Å². The Morgan fingerprint density at radius 2 is 2.28 bits per heavy atom. The number of nitrogens with zero attached hydrogens (tertiary/aromatic N) is 2. The van der Waals surface area contributed by atoms with Gasteiger partial charge in [-0.3, -0.25) is 9.78 Å². The highest BCUT2D eigenvalue weighted by atomic mass is 16.5. The highest BCUT2D eigenvalue weighted by Crippen LogP contribution is 2.08. The lowest BCUT2D eigenvalue weighted by atomic mass is 10.1. The van der Waals surface area contributed by atoms with Crippen LogP contribution in [0.1, 0.15) is 16.1 Å². The van der Waals surface area contributed by atoms with Gasteiger partial charge >= 0.3 is 0 Å². The van der Waals surface area contributed by atoms with Crippen LogP contribution in [0.2, 0.25) is 0 Å². The number of ether oxygens (including phenoxy) is 1. The van der Waals surface area contributed by atoms with Gasteiger partial charge in [0.1, 0.15) is 0 Å². The lowest BCUT2D eigenvalue weighted by Gasteiger charge is -2.26. The average Bonchev–Trinajstić information content (AvgIpc) is 2.45. The third-order valence-electron chi connectivity index (χ3n) is 2.99. The largest absolute Gasteiger partial charge is 0.378 e. The predicted molar refractivity (Wildman–Crippen MR) is 68.6 cm³/mol. The van der Waals surface area contributed by atoms with Crippen LogP contribution in [0.5, 0.6) is 0 Å². The number of aromatic nitrogens is 1. The SMILES string of the molecule is CNCCc1cc(C(=O)N2CCOCC2)ccn1. The molecule has 0 spiro atoms. The summed E-state index contributed by atoms with van der Waals surface area (Å²) in [6.07, 6.45) is 2.54. The lowest BCUT2D eigenvalue weighted by Crippen LogP contribution is -2.40. The van der Waals surface area contributed by atoms with Crippen molar-refractivity contribution in [1.29, 1.82) is 0 Å². The molecule has 0 aliphatic carbocycles. The number of hydrogen-bond donors (Lipinski definition) is 1. The molecule has 0 atom stereocenters. The number of nitrogens with one attached hydrogen (secondary N) is 1. The van der Waals surface area contributed by atoms with E-state index >= 15 is 0 Å². The van der Waals surface area contributed by atoms with Gasteiger partial charge in [0.2, 0.25) is 0 Å². The third kappa shape index (κ3) is 3.27. The fourth-order valence-corrected chi connectivity index (χ4v) is 1.95. The van der Waals surface area contributed by atoms with Gasteiger partial charge in [-0.25, -0.2) is 0 Å². The topological polar surface area (TPSA) is 54.5 Å². The van der Waals surface area contributed by atoms with Gasteiger partial charge in [-0.05, 0) is 19.2 Å². The summed E-state index contributed by atoms with van der Waals surface area (Å²) in [5.74, 6) is 0.0754. The molecule has 18 heavy (non-hydrogen) atoms. The summed E-state index contributed by atoms with van der Waals surface area (Å²) >= 11 is 0. The van der Waals surface area contributed by atoms with Crippen molar-refractivity contribution >= 4 is 5.91 Å². The smallest absolute Gasteiger partial charge is 0.254 e. The molecule has 98 valence electrons. The molecule has 0 bridgehead atoms. The quantitative estimate of drug-likeness (QED) is 0.835. The minimum absolute atomic E-state index is 0.0754. The van der Waals surface area contributed by atoms with Crippen LogP contribution in [0.4, 0.5) is 0 Å². The molecular weight excluding hydrogens is 230 g/mol. The number of amides is 1. The Balaban J connectivity index is 2.04. The van der Waals surface area contributed by atoms with E-state index in [2.05, 4.69) is 10.3 Å². The molecule has 0 radical (unpaired) electrons. The molecule has 1 aromatic rings. The number of carbonyl (C=O) groups excluding carboxylic acids is 1. The fourth-order valence-electron chi connectivity index (χ4n) is 1.95. The maximum Gasteiger partial charge on any atom is 0.254 e. The molecule has 2 rings (SSSR count). The van der Waals surface area contributed by atoms with Crippen LogP contribution >= 0.6 is 0 Å². The molecular formula is C13H19N3O2. The summed E-state index contributed by atoms with van der Waals surface area (Å²) in [5, 5.41) is 3.08. The molecule has 1 aliphatic heterocycles. The molecule has 5 heteroatoms. The number of pyridine rings is 1. The molecule has 0 unspecified atom stereocenters. The molecule has 1 fully saturated rings. The van der Waals surface area contributed by atoms with Crippen molar-refractivity contribution in [3.05, 3.63) is 29.6 Å². The van der Waals surface area contributed by atoms with E-state index in [0.29, 0.717) is 26.3 Å². The normalized spacial score (nSPS) is 15.7. The summed E-state index contributed by atoms with van der Waals surface area (Å²) in [7, 11) is 1.91. The molecule has 1 saturated heterocycles. The van der Waals surface area contributed by atoms with E-state index in [9.17, 15) is 4.79 Å². The van der Waals surface area contributed by atoms with Crippen molar-refractivity contribution in [3.8, 4) is 0 Å². The summed E-state index contributed by atoms with van der Waals surface area (Å²) in [6, 6.07) is 3.66. The van der Waals surface area contributed by atoms with Gasteiger partial charge in [0.15, 0.2) is 0 Å². The zero-order chi connectivity index (χ0) is 12.8. The molecule has 2 heterocycles. The van der Waals surface area contributed by atoms with E-state index in [1.807, 2.05) is 18.0 Å². The van der Waals surface area contributed by atoms with Crippen molar-refractivity contribution in [3.63, 3.8) is 0 Å². The monoisotopic (exact) mass is 249 g/mol. The summed E-state index contributed by atoms with van der Waals surface area (Å²) in [5.41, 5.74) is 1.67. The van der Waals surface area contributed by atoms with Gasteiger partial charge in [0.05, 0.1) is 13.2 Å². The van der Waals surface area contributed by atoms with Crippen molar-refractivity contribution in [1.82, 2.24) is 15.2 Å². The fraction of sp³-hybridized carbons (Fsp3) is 0.538. The van der Waals surface area contributed by atoms with Gasteiger partial charge in [0, 0.05) is 43.5 Å². The number of carbonyl (C=O) groups is 1. The molecule has 5 nitrogen and oxygen atoms in total. The minimum atomic E-state index is 0.0754. The van der Waals surface area contributed by atoms with E-state index in [0.717, 1.165) is 24.2 Å². The second kappa shape index (κ2) is 6.47. The standard InChI is InChI=1S/C13H19N3O2/c1-14-4-3-12-10-11(2-5-15-12)13(17)16-6-8-18-9-7-16/h2,5,10,14H,3-4,6-9H2,1H3. The molecule has 1 N–H and O–H groups in total. The van der Waals surface area contributed by atoms with E-state index in [4.69, 9.17) is 4.74 Å². The molecule has 1 aromatic heterocycles. The number of hydrogen-bond acceptors (Lipinski definition) is 4. The highest BCUT2D eigenvalue weighted by molar-refractivity contribution is 5.94. The first-order valence-corrected chi connectivity index (χ1v) is 6.28. The Bertz CT molecular complexity index is 403. The number of likely N-dealkylation sites (N-methyl/N-ethyl adjacent to an activating group) is 1. The van der Waals surface area contributed by atoms with Gasteiger partial charge in [0.25, 0.3) is 5.91 Å². The van der Waals surface area contributed by atoms with Crippen LogP contribution in [0, 0.1) is 0 Å². The van der Waals surface area contributed by atoms with Crippen LogP contribution < -0.4 is 5.32 Å². The predicted octanol–water partition coefficient (Wildman–Crippen LogP) is 0.316. The van der Waals surface area contributed by atoms with E-state index in [-0.39, 0.29) is 5.91 Å². The van der Waals surface area contributed by atoms with Crippen LogP contribution in [0.15, 0.2) is 18.3 Å². The maximum absolute atomic E-state index is 12.3. The number of morpholine rings is 1. The zero-order valence-corrected chi connectivity index (χ0v) is 10.7. The molecule has 1 aliphatic rings. The summed E-state index contributed by atoms with van der Waals surface area (Å²) in [4.78, 5) is 18.4. The maximum atomic E-state index is 12.3. The Hall–Kier alpha value is -1.46. The zero-order valence-electron chi connectivity index (χ0n) is 10.7. The summed E-state index contributed by atoms with van der Waals surface area (Å²) < 4.78 is 5.25. The van der Waals surface area contributed by atoms with Crippen LogP contribution in [-0.4, -0.2) is 55.7 Å². The average molecular weight is 249 g/mol. The van der Waals surface area contributed by atoms with Gasteiger partial charge in [-0.2, -0.15) is 0 Å². The Kier molecular flexibility index (Phi) is 4.66. The lowest BCUT2D eigenvalue weighted by molar-refractivity contribution is 0.0302. The van der Waals surface area contributed by atoms with Crippen LogP contribution in [0.25, 0.3) is 0 Å². The second-order valence-electron chi connectivity index (χ2n) is 4.29. The van der Waals surface area contributed by atoms with Gasteiger partial charge in [-0.15, -0.1) is 0 Å². The van der Waals surface area contributed by atoms with Gasteiger partial charge in [-0.1, -0.05) is 0 Å². The first kappa shape index (κ1) is 13.0. The Morgan fingerprint density at radius 1 is 1.50 bits per heavy atom. The number of rotatable bonds is 4. The van der Waals surface area contributed by atoms with Crippen molar-refractivity contribution in [2.45, 2.75) is 6.42 Å². The molecule has 0 saturated carbocycles. The van der Waals surface area contributed by atoms with Crippen molar-refractivity contribution in [2.24, 2.45) is 0 Å². The van der Waals surface area contributed by atoms with E-state index in [1.165, 1.54) is 0 Å². The van der Waals surface area contributed by atoms with Crippen LogP contribution in [0.3, 0.4) is 0 Å². The van der Waals surface area contributed by atoms with E-state index < -0.39 is 0 Å². The second-order valence-corrected chi connectivity index (χ2v) is 4.29. The van der Waals surface area contributed by atoms with Crippen LogP contribution in [-0.2, 0) is 11.2 Å². The Labute approximate surface area is 107 Å². The van der Waals surface area contributed by atoms with Gasteiger partial charge < -0.3 is 15.0 Å².